The summed E-state index contributed by atoms with van der Waals surface area (Å²) >= 11 is 0. The van der Waals surface area contributed by atoms with Gasteiger partial charge in [-0.1, -0.05) is 91.0 Å². The molecule has 0 aromatic heterocycles. The third kappa shape index (κ3) is 5.05. The SMILES string of the molecule is PC(CCc1ccccc1)(Cc1ccccc1)Cc1ccccc1. The second kappa shape index (κ2) is 8.27. The molecule has 3 aromatic rings. The molecule has 0 aliphatic carbocycles. The van der Waals surface area contributed by atoms with Crippen molar-refractivity contribution in [2.45, 2.75) is 30.8 Å². The fraction of sp³-hybridized carbons (Fsp3) is 0.217. The maximum absolute atomic E-state index is 3.19. The molecule has 24 heavy (non-hydrogen) atoms. The van der Waals surface area contributed by atoms with Gasteiger partial charge in [0.05, 0.1) is 0 Å². The van der Waals surface area contributed by atoms with E-state index in [-0.39, 0.29) is 5.16 Å². The zero-order valence-corrected chi connectivity index (χ0v) is 15.2. The minimum atomic E-state index is 0.179. The van der Waals surface area contributed by atoms with Gasteiger partial charge in [0, 0.05) is 0 Å². The lowest BCUT2D eigenvalue weighted by atomic mass is 9.86. The number of rotatable bonds is 7. The second-order valence-corrected chi connectivity index (χ2v) is 7.90. The Labute approximate surface area is 148 Å². The molecule has 0 aliphatic rings. The molecule has 0 saturated carbocycles. The molecule has 1 heteroatoms. The van der Waals surface area contributed by atoms with E-state index in [1.54, 1.807) is 0 Å². The van der Waals surface area contributed by atoms with E-state index in [2.05, 4.69) is 100 Å². The largest absolute Gasteiger partial charge is 0.130 e. The standard InChI is InChI=1S/C23H25P/c24-23(18-21-12-6-2-7-13-21,19-22-14-8-3-9-15-22)17-16-20-10-4-1-5-11-20/h1-15H,16-19,24H2. The number of hydrogen-bond donors (Lipinski definition) is 0. The highest BCUT2D eigenvalue weighted by molar-refractivity contribution is 7.19. The van der Waals surface area contributed by atoms with Gasteiger partial charge in [0.1, 0.15) is 0 Å². The molecule has 122 valence electrons. The number of benzene rings is 3. The highest BCUT2D eigenvalue weighted by Gasteiger charge is 2.25. The van der Waals surface area contributed by atoms with Crippen molar-refractivity contribution in [1.29, 1.82) is 0 Å². The van der Waals surface area contributed by atoms with Crippen molar-refractivity contribution in [1.82, 2.24) is 0 Å². The minimum absolute atomic E-state index is 0.179. The average Bonchev–Trinajstić information content (AvgIpc) is 2.63. The summed E-state index contributed by atoms with van der Waals surface area (Å²) in [5, 5.41) is 0.179. The lowest BCUT2D eigenvalue weighted by molar-refractivity contribution is 0.532. The lowest BCUT2D eigenvalue weighted by Crippen LogP contribution is -2.28. The Morgan fingerprint density at radius 2 is 0.917 bits per heavy atom. The van der Waals surface area contributed by atoms with Crippen LogP contribution < -0.4 is 0 Å². The molecule has 0 heterocycles. The van der Waals surface area contributed by atoms with E-state index in [9.17, 15) is 0 Å². The zero-order chi connectivity index (χ0) is 16.7. The van der Waals surface area contributed by atoms with E-state index in [4.69, 9.17) is 0 Å². The van der Waals surface area contributed by atoms with Crippen LogP contribution in [0.2, 0.25) is 0 Å². The first-order valence-electron chi connectivity index (χ1n) is 8.64. The predicted octanol–water partition coefficient (Wildman–Crippen LogP) is 5.72. The molecular weight excluding hydrogens is 307 g/mol. The fourth-order valence-electron chi connectivity index (χ4n) is 3.28. The Bertz CT molecular complexity index is 678. The summed E-state index contributed by atoms with van der Waals surface area (Å²) in [6.45, 7) is 0. The topological polar surface area (TPSA) is 0 Å². The summed E-state index contributed by atoms with van der Waals surface area (Å²) in [5.41, 5.74) is 4.25. The summed E-state index contributed by atoms with van der Waals surface area (Å²) in [7, 11) is 3.19. The van der Waals surface area contributed by atoms with Crippen LogP contribution in [-0.2, 0) is 19.3 Å². The van der Waals surface area contributed by atoms with Crippen molar-refractivity contribution < 1.29 is 0 Å². The molecule has 0 aliphatic heterocycles. The van der Waals surface area contributed by atoms with Crippen molar-refractivity contribution in [3.63, 3.8) is 0 Å². The van der Waals surface area contributed by atoms with E-state index in [1.165, 1.54) is 16.7 Å². The maximum atomic E-state index is 3.19. The van der Waals surface area contributed by atoms with Gasteiger partial charge in [-0.3, -0.25) is 0 Å². The van der Waals surface area contributed by atoms with Gasteiger partial charge in [-0.05, 0) is 47.5 Å². The molecule has 0 nitrogen and oxygen atoms in total. The predicted molar refractivity (Wildman–Crippen MR) is 107 cm³/mol. The Balaban J connectivity index is 1.76. The Kier molecular flexibility index (Phi) is 5.83. The van der Waals surface area contributed by atoms with Gasteiger partial charge in [0.2, 0.25) is 0 Å². The maximum Gasteiger partial charge on any atom is -0.00665 e. The van der Waals surface area contributed by atoms with E-state index in [1.807, 2.05) is 0 Å². The van der Waals surface area contributed by atoms with Crippen molar-refractivity contribution in [2.24, 2.45) is 0 Å². The molecule has 0 spiro atoms. The van der Waals surface area contributed by atoms with Crippen molar-refractivity contribution in [3.8, 4) is 0 Å². The van der Waals surface area contributed by atoms with Crippen LogP contribution >= 0.6 is 9.24 Å². The molecule has 0 fully saturated rings. The Morgan fingerprint density at radius 1 is 0.542 bits per heavy atom. The van der Waals surface area contributed by atoms with Crippen LogP contribution in [0.1, 0.15) is 23.1 Å². The summed E-state index contributed by atoms with van der Waals surface area (Å²) in [5.74, 6) is 0. The second-order valence-electron chi connectivity index (χ2n) is 6.67. The summed E-state index contributed by atoms with van der Waals surface area (Å²) in [6.07, 6.45) is 4.44. The molecule has 3 rings (SSSR count). The van der Waals surface area contributed by atoms with Crippen LogP contribution in [0.5, 0.6) is 0 Å². The van der Waals surface area contributed by atoms with Gasteiger partial charge in [-0.2, -0.15) is 0 Å². The van der Waals surface area contributed by atoms with Crippen LogP contribution in [0.4, 0.5) is 0 Å². The van der Waals surface area contributed by atoms with Crippen LogP contribution in [0.15, 0.2) is 91.0 Å². The molecule has 0 radical (unpaired) electrons. The minimum Gasteiger partial charge on any atom is -0.130 e. The van der Waals surface area contributed by atoms with Gasteiger partial charge in [0.15, 0.2) is 0 Å². The summed E-state index contributed by atoms with van der Waals surface area (Å²) in [4.78, 5) is 0. The molecule has 0 N–H and O–H groups in total. The van der Waals surface area contributed by atoms with E-state index < -0.39 is 0 Å². The van der Waals surface area contributed by atoms with Gasteiger partial charge in [0.25, 0.3) is 0 Å². The third-order valence-electron chi connectivity index (χ3n) is 4.55. The lowest BCUT2D eigenvalue weighted by Gasteiger charge is -2.30. The molecule has 1 atom stereocenters. The summed E-state index contributed by atoms with van der Waals surface area (Å²) < 4.78 is 0. The molecule has 1 unspecified atom stereocenters. The van der Waals surface area contributed by atoms with Crippen LogP contribution in [0.25, 0.3) is 0 Å². The third-order valence-corrected chi connectivity index (χ3v) is 5.25. The van der Waals surface area contributed by atoms with Crippen LogP contribution in [0.3, 0.4) is 0 Å². The Hall–Kier alpha value is -1.91. The van der Waals surface area contributed by atoms with Crippen molar-refractivity contribution in [2.75, 3.05) is 0 Å². The normalized spacial score (nSPS) is 11.4. The number of hydrogen-bond acceptors (Lipinski definition) is 0. The monoisotopic (exact) mass is 332 g/mol. The first kappa shape index (κ1) is 16.9. The van der Waals surface area contributed by atoms with Crippen LogP contribution in [0, 0.1) is 0 Å². The van der Waals surface area contributed by atoms with Gasteiger partial charge in [-0.15, -0.1) is 9.24 Å². The Morgan fingerprint density at radius 3 is 1.33 bits per heavy atom. The van der Waals surface area contributed by atoms with Gasteiger partial charge < -0.3 is 0 Å². The highest BCUT2D eigenvalue weighted by Crippen LogP contribution is 2.33. The number of aryl methyl sites for hydroxylation is 1. The summed E-state index contributed by atoms with van der Waals surface area (Å²) in [6, 6.07) is 32.5. The fourth-order valence-corrected chi connectivity index (χ4v) is 3.90. The smallest absolute Gasteiger partial charge is 0.00665 e. The van der Waals surface area contributed by atoms with E-state index in [0.717, 1.165) is 25.7 Å². The average molecular weight is 332 g/mol. The van der Waals surface area contributed by atoms with Gasteiger partial charge in [-0.25, -0.2) is 0 Å². The van der Waals surface area contributed by atoms with Gasteiger partial charge >= 0.3 is 0 Å². The first-order valence-corrected chi connectivity index (χ1v) is 9.22. The molecule has 0 amide bonds. The molecular formula is C23H25P. The molecule has 0 saturated heterocycles. The molecule has 0 bridgehead atoms. The quantitative estimate of drug-likeness (QED) is 0.486. The van der Waals surface area contributed by atoms with Crippen molar-refractivity contribution in [3.05, 3.63) is 108 Å². The zero-order valence-electron chi connectivity index (χ0n) is 14.1. The van der Waals surface area contributed by atoms with Crippen molar-refractivity contribution >= 4 is 9.24 Å². The first-order chi connectivity index (χ1) is 11.7. The van der Waals surface area contributed by atoms with Crippen LogP contribution in [-0.4, -0.2) is 5.16 Å². The highest BCUT2D eigenvalue weighted by atomic mass is 31.0. The van der Waals surface area contributed by atoms with E-state index >= 15 is 0 Å². The van der Waals surface area contributed by atoms with E-state index in [0.29, 0.717) is 0 Å². The molecule has 3 aromatic carbocycles.